The predicted octanol–water partition coefficient (Wildman–Crippen LogP) is 3.19. The largest absolute Gasteiger partial charge is 0.472 e. The molecule has 0 aliphatic carbocycles. The molecule has 1 aromatic carbocycles. The minimum absolute atomic E-state index is 0.160. The molecule has 0 saturated heterocycles. The van der Waals surface area contributed by atoms with Crippen LogP contribution in [-0.2, 0) is 0 Å². The molecule has 96 valence electrons. The van der Waals surface area contributed by atoms with Crippen molar-refractivity contribution in [2.75, 3.05) is 7.05 Å². The average molecular weight is 253 g/mol. The number of hydrogen-bond donors (Lipinski definition) is 1. The highest BCUT2D eigenvalue weighted by Gasteiger charge is 2.19. The minimum atomic E-state index is -2.84. The number of rotatable bonds is 5. The molecule has 5 heteroatoms. The van der Waals surface area contributed by atoms with Gasteiger partial charge in [0.05, 0.1) is 18.6 Å². The molecule has 0 fully saturated rings. The zero-order chi connectivity index (χ0) is 13.0. The van der Waals surface area contributed by atoms with Crippen molar-refractivity contribution in [3.05, 3.63) is 54.0 Å². The topological polar surface area (TPSA) is 34.4 Å². The Hall–Kier alpha value is -1.88. The number of nitrogens with one attached hydrogen (secondary N) is 1. The maximum Gasteiger partial charge on any atom is 0.387 e. The molecule has 2 aromatic rings. The summed E-state index contributed by atoms with van der Waals surface area (Å²) in [6, 6.07) is 8.22. The molecule has 1 aromatic heterocycles. The number of halogens is 2. The van der Waals surface area contributed by atoms with E-state index >= 15 is 0 Å². The molecule has 0 amide bonds. The zero-order valence-corrected chi connectivity index (χ0v) is 9.77. The summed E-state index contributed by atoms with van der Waals surface area (Å²) < 4.78 is 34.2. The lowest BCUT2D eigenvalue weighted by Crippen LogP contribution is -2.18. The summed E-state index contributed by atoms with van der Waals surface area (Å²) in [4.78, 5) is 0. The van der Waals surface area contributed by atoms with Gasteiger partial charge in [-0.25, -0.2) is 0 Å². The van der Waals surface area contributed by atoms with E-state index in [2.05, 4.69) is 10.1 Å². The van der Waals surface area contributed by atoms with Gasteiger partial charge in [-0.1, -0.05) is 18.2 Å². The van der Waals surface area contributed by atoms with Gasteiger partial charge >= 0.3 is 6.61 Å². The maximum atomic E-state index is 12.3. The SMILES string of the molecule is CNC(c1ccoc1)c1ccccc1OC(F)F. The van der Waals surface area contributed by atoms with Crippen LogP contribution >= 0.6 is 0 Å². The number of benzene rings is 1. The van der Waals surface area contributed by atoms with E-state index in [0.717, 1.165) is 5.56 Å². The summed E-state index contributed by atoms with van der Waals surface area (Å²) in [5, 5.41) is 3.05. The van der Waals surface area contributed by atoms with Crippen LogP contribution in [0.4, 0.5) is 8.78 Å². The number of ether oxygens (including phenoxy) is 1. The number of furan rings is 1. The van der Waals surface area contributed by atoms with Gasteiger partial charge in [-0.2, -0.15) is 8.78 Å². The van der Waals surface area contributed by atoms with Crippen molar-refractivity contribution in [2.45, 2.75) is 12.7 Å². The second-order valence-corrected chi connectivity index (χ2v) is 3.69. The highest BCUT2D eigenvalue weighted by Crippen LogP contribution is 2.30. The molecule has 0 aliphatic rings. The molecule has 1 atom stereocenters. The van der Waals surface area contributed by atoms with E-state index in [1.165, 1.54) is 12.3 Å². The lowest BCUT2D eigenvalue weighted by Gasteiger charge is -2.18. The summed E-state index contributed by atoms with van der Waals surface area (Å²) in [7, 11) is 1.75. The van der Waals surface area contributed by atoms with Gasteiger partial charge in [0, 0.05) is 11.1 Å². The van der Waals surface area contributed by atoms with E-state index in [-0.39, 0.29) is 11.8 Å². The van der Waals surface area contributed by atoms with E-state index in [9.17, 15) is 8.78 Å². The van der Waals surface area contributed by atoms with E-state index in [0.29, 0.717) is 5.56 Å². The van der Waals surface area contributed by atoms with Crippen molar-refractivity contribution in [3.63, 3.8) is 0 Å². The Bertz CT molecular complexity index is 485. The Morgan fingerprint density at radius 1 is 1.22 bits per heavy atom. The zero-order valence-electron chi connectivity index (χ0n) is 9.77. The maximum absolute atomic E-state index is 12.3. The van der Waals surface area contributed by atoms with Gasteiger partial charge in [0.25, 0.3) is 0 Å². The third-order valence-corrected chi connectivity index (χ3v) is 2.61. The molecular formula is C13H13F2NO2. The van der Waals surface area contributed by atoms with Crippen molar-refractivity contribution in [1.29, 1.82) is 0 Å². The van der Waals surface area contributed by atoms with Crippen molar-refractivity contribution in [1.82, 2.24) is 5.32 Å². The first-order valence-electron chi connectivity index (χ1n) is 5.45. The molecule has 3 nitrogen and oxygen atoms in total. The van der Waals surface area contributed by atoms with Gasteiger partial charge in [0.2, 0.25) is 0 Å². The van der Waals surface area contributed by atoms with Crippen LogP contribution in [0.25, 0.3) is 0 Å². The monoisotopic (exact) mass is 253 g/mol. The Labute approximate surface area is 103 Å². The molecule has 0 radical (unpaired) electrons. The lowest BCUT2D eigenvalue weighted by molar-refractivity contribution is -0.0506. The fourth-order valence-corrected chi connectivity index (χ4v) is 1.86. The van der Waals surface area contributed by atoms with Crippen LogP contribution in [-0.4, -0.2) is 13.7 Å². The number of para-hydroxylation sites is 1. The standard InChI is InChI=1S/C13H13F2NO2/c1-16-12(9-6-7-17-8-9)10-4-2-3-5-11(10)18-13(14)15/h2-8,12-13,16H,1H3. The van der Waals surface area contributed by atoms with E-state index in [1.54, 1.807) is 37.6 Å². The first-order valence-corrected chi connectivity index (χ1v) is 5.45. The third kappa shape index (κ3) is 2.68. The van der Waals surface area contributed by atoms with Gasteiger partial charge in [0.1, 0.15) is 5.75 Å². The summed E-state index contributed by atoms with van der Waals surface area (Å²) in [6.07, 6.45) is 3.11. The predicted molar refractivity (Wildman–Crippen MR) is 62.7 cm³/mol. The van der Waals surface area contributed by atoms with E-state index in [4.69, 9.17) is 4.42 Å². The van der Waals surface area contributed by atoms with Crippen molar-refractivity contribution < 1.29 is 17.9 Å². The second kappa shape index (κ2) is 5.64. The van der Waals surface area contributed by atoms with Gasteiger partial charge in [-0.3, -0.25) is 0 Å². The summed E-state index contributed by atoms with van der Waals surface area (Å²) in [5.41, 5.74) is 1.49. The normalized spacial score (nSPS) is 12.7. The van der Waals surface area contributed by atoms with Crippen molar-refractivity contribution >= 4 is 0 Å². The summed E-state index contributed by atoms with van der Waals surface area (Å²) in [6.45, 7) is -2.84. The molecular weight excluding hydrogens is 240 g/mol. The van der Waals surface area contributed by atoms with Crippen molar-refractivity contribution in [2.24, 2.45) is 0 Å². The highest BCUT2D eigenvalue weighted by molar-refractivity contribution is 5.40. The first-order chi connectivity index (χ1) is 8.72. The Kier molecular flexibility index (Phi) is 3.94. The average Bonchev–Trinajstić information content (AvgIpc) is 2.85. The molecule has 1 N–H and O–H groups in total. The molecule has 2 rings (SSSR count). The van der Waals surface area contributed by atoms with Gasteiger partial charge in [-0.05, 0) is 19.2 Å². The summed E-state index contributed by atoms with van der Waals surface area (Å²) in [5.74, 6) is 0.160. The highest BCUT2D eigenvalue weighted by atomic mass is 19.3. The number of hydrogen-bond acceptors (Lipinski definition) is 3. The Morgan fingerprint density at radius 3 is 2.61 bits per heavy atom. The van der Waals surface area contributed by atoms with E-state index < -0.39 is 6.61 Å². The summed E-state index contributed by atoms with van der Waals surface area (Å²) >= 11 is 0. The molecule has 0 aliphatic heterocycles. The van der Waals surface area contributed by atoms with Gasteiger partial charge in [-0.15, -0.1) is 0 Å². The fourth-order valence-electron chi connectivity index (χ4n) is 1.86. The molecule has 1 heterocycles. The minimum Gasteiger partial charge on any atom is -0.472 e. The van der Waals surface area contributed by atoms with E-state index in [1.807, 2.05) is 0 Å². The van der Waals surface area contributed by atoms with Crippen LogP contribution < -0.4 is 10.1 Å². The van der Waals surface area contributed by atoms with Crippen LogP contribution in [0.5, 0.6) is 5.75 Å². The molecule has 0 spiro atoms. The van der Waals surface area contributed by atoms with Gasteiger partial charge < -0.3 is 14.5 Å². The number of alkyl halides is 2. The van der Waals surface area contributed by atoms with Gasteiger partial charge in [0.15, 0.2) is 0 Å². The Balaban J connectivity index is 2.36. The molecule has 0 saturated carbocycles. The van der Waals surface area contributed by atoms with Crippen molar-refractivity contribution in [3.8, 4) is 5.75 Å². The van der Waals surface area contributed by atoms with Crippen LogP contribution in [0.2, 0.25) is 0 Å². The smallest absolute Gasteiger partial charge is 0.387 e. The first kappa shape index (κ1) is 12.6. The second-order valence-electron chi connectivity index (χ2n) is 3.69. The fraction of sp³-hybridized carbons (Fsp3) is 0.231. The van der Waals surface area contributed by atoms with Crippen LogP contribution in [0.15, 0.2) is 47.3 Å². The quantitative estimate of drug-likeness (QED) is 0.888. The Morgan fingerprint density at radius 2 is 2.00 bits per heavy atom. The molecule has 1 unspecified atom stereocenters. The van der Waals surface area contributed by atoms with Crippen LogP contribution in [0.3, 0.4) is 0 Å². The van der Waals surface area contributed by atoms with Crippen LogP contribution in [0.1, 0.15) is 17.2 Å². The van der Waals surface area contributed by atoms with Crippen LogP contribution in [0, 0.1) is 0 Å². The third-order valence-electron chi connectivity index (χ3n) is 2.61. The molecule has 18 heavy (non-hydrogen) atoms. The lowest BCUT2D eigenvalue weighted by atomic mass is 10.0. The molecule has 0 bridgehead atoms.